The summed E-state index contributed by atoms with van der Waals surface area (Å²) < 4.78 is 0. The van der Waals surface area contributed by atoms with Gasteiger partial charge in [0.05, 0.1) is 5.39 Å². The van der Waals surface area contributed by atoms with Crippen LogP contribution in [-0.2, 0) is 0 Å². The van der Waals surface area contributed by atoms with E-state index in [1.54, 1.807) is 17.7 Å². The average molecular weight is 270 g/mol. The number of aromatic nitrogens is 2. The second-order valence-corrected chi connectivity index (χ2v) is 5.87. The summed E-state index contributed by atoms with van der Waals surface area (Å²) in [5.74, 6) is 0.916. The third-order valence-corrected chi connectivity index (χ3v) is 4.13. The molecule has 2 aromatic rings. The van der Waals surface area contributed by atoms with Gasteiger partial charge in [0, 0.05) is 16.8 Å². The van der Waals surface area contributed by atoms with Crippen LogP contribution in [0.4, 0.5) is 5.82 Å². The molecule has 1 unspecified atom stereocenters. The van der Waals surface area contributed by atoms with Crippen LogP contribution in [0.25, 0.3) is 10.2 Å². The van der Waals surface area contributed by atoms with Gasteiger partial charge in [0.1, 0.15) is 17.0 Å². The van der Waals surface area contributed by atoms with Crippen molar-refractivity contribution in [3.63, 3.8) is 0 Å². The van der Waals surface area contributed by atoms with Crippen molar-refractivity contribution >= 4 is 39.0 Å². The molecular formula is C12H16ClN3S. The molecule has 0 saturated carbocycles. The van der Waals surface area contributed by atoms with Gasteiger partial charge in [-0.1, -0.05) is 6.92 Å². The Morgan fingerprint density at radius 3 is 3.06 bits per heavy atom. The van der Waals surface area contributed by atoms with E-state index in [4.69, 9.17) is 11.6 Å². The number of rotatable bonds is 5. The van der Waals surface area contributed by atoms with Crippen molar-refractivity contribution in [1.29, 1.82) is 0 Å². The number of aryl methyl sites for hydroxylation is 1. The lowest BCUT2D eigenvalue weighted by molar-refractivity contribution is 0.752. The van der Waals surface area contributed by atoms with Crippen LogP contribution in [0.2, 0.25) is 0 Å². The standard InChI is InChI=1S/C12H16ClN3S/c1-3-9(13)4-5-14-11-10-6-8(2)17-12(10)16-7-15-11/h6-7,9H,3-5H2,1-2H3,(H,14,15,16). The van der Waals surface area contributed by atoms with Gasteiger partial charge < -0.3 is 5.32 Å². The highest BCUT2D eigenvalue weighted by Crippen LogP contribution is 2.27. The summed E-state index contributed by atoms with van der Waals surface area (Å²) in [4.78, 5) is 10.8. The van der Waals surface area contributed by atoms with Gasteiger partial charge >= 0.3 is 0 Å². The molecule has 92 valence electrons. The van der Waals surface area contributed by atoms with Crippen molar-refractivity contribution in [1.82, 2.24) is 9.97 Å². The van der Waals surface area contributed by atoms with Crippen LogP contribution >= 0.6 is 22.9 Å². The Hall–Kier alpha value is -0.870. The summed E-state index contributed by atoms with van der Waals surface area (Å²) in [5.41, 5.74) is 0. The van der Waals surface area contributed by atoms with E-state index in [0.29, 0.717) is 0 Å². The minimum Gasteiger partial charge on any atom is -0.369 e. The lowest BCUT2D eigenvalue weighted by Gasteiger charge is -2.08. The zero-order valence-corrected chi connectivity index (χ0v) is 11.6. The first kappa shape index (κ1) is 12.6. The molecule has 2 aromatic heterocycles. The van der Waals surface area contributed by atoms with E-state index in [1.165, 1.54) is 4.88 Å². The minimum absolute atomic E-state index is 0.240. The van der Waals surface area contributed by atoms with Crippen molar-refractivity contribution in [3.05, 3.63) is 17.3 Å². The molecular weight excluding hydrogens is 254 g/mol. The van der Waals surface area contributed by atoms with Gasteiger partial charge in [0.15, 0.2) is 0 Å². The monoisotopic (exact) mass is 269 g/mol. The molecule has 0 fully saturated rings. The molecule has 0 aliphatic carbocycles. The largest absolute Gasteiger partial charge is 0.369 e. The molecule has 0 aliphatic rings. The highest BCUT2D eigenvalue weighted by molar-refractivity contribution is 7.18. The maximum atomic E-state index is 6.08. The first-order valence-electron chi connectivity index (χ1n) is 5.79. The van der Waals surface area contributed by atoms with Crippen molar-refractivity contribution in [2.45, 2.75) is 32.1 Å². The number of alkyl halides is 1. The van der Waals surface area contributed by atoms with Crippen LogP contribution in [0.5, 0.6) is 0 Å². The lowest BCUT2D eigenvalue weighted by atomic mass is 10.2. The van der Waals surface area contributed by atoms with Crippen LogP contribution in [0.15, 0.2) is 12.4 Å². The van der Waals surface area contributed by atoms with Crippen molar-refractivity contribution in [3.8, 4) is 0 Å². The van der Waals surface area contributed by atoms with Crippen molar-refractivity contribution in [2.24, 2.45) is 0 Å². The quantitative estimate of drug-likeness (QED) is 0.839. The average Bonchev–Trinajstić information content (AvgIpc) is 2.70. The summed E-state index contributed by atoms with van der Waals surface area (Å²) in [7, 11) is 0. The number of thiophene rings is 1. The molecule has 3 nitrogen and oxygen atoms in total. The maximum absolute atomic E-state index is 6.08. The first-order valence-corrected chi connectivity index (χ1v) is 7.05. The molecule has 17 heavy (non-hydrogen) atoms. The number of hydrogen-bond acceptors (Lipinski definition) is 4. The van der Waals surface area contributed by atoms with Gasteiger partial charge in [-0.2, -0.15) is 0 Å². The van der Waals surface area contributed by atoms with Crippen LogP contribution in [0.1, 0.15) is 24.6 Å². The number of halogens is 1. The van der Waals surface area contributed by atoms with E-state index in [-0.39, 0.29) is 5.38 Å². The van der Waals surface area contributed by atoms with E-state index in [0.717, 1.165) is 35.4 Å². The van der Waals surface area contributed by atoms with Crippen molar-refractivity contribution in [2.75, 3.05) is 11.9 Å². The van der Waals surface area contributed by atoms with E-state index in [1.807, 2.05) is 0 Å². The molecule has 0 bridgehead atoms. The SMILES string of the molecule is CCC(Cl)CCNc1ncnc2sc(C)cc12. The molecule has 2 rings (SSSR count). The van der Waals surface area contributed by atoms with E-state index in [2.05, 4.69) is 35.2 Å². The molecule has 2 heterocycles. The second kappa shape index (κ2) is 5.65. The minimum atomic E-state index is 0.240. The van der Waals surface area contributed by atoms with Crippen LogP contribution in [0.3, 0.4) is 0 Å². The summed E-state index contributed by atoms with van der Waals surface area (Å²) in [6.07, 6.45) is 3.56. The fourth-order valence-electron chi connectivity index (χ4n) is 1.67. The van der Waals surface area contributed by atoms with E-state index in [9.17, 15) is 0 Å². The Kier molecular flexibility index (Phi) is 4.18. The number of anilines is 1. The van der Waals surface area contributed by atoms with Gasteiger partial charge in [-0.15, -0.1) is 22.9 Å². The van der Waals surface area contributed by atoms with Gasteiger partial charge in [0.2, 0.25) is 0 Å². The summed E-state index contributed by atoms with van der Waals surface area (Å²) in [5, 5.41) is 4.69. The highest BCUT2D eigenvalue weighted by atomic mass is 35.5. The van der Waals surface area contributed by atoms with Gasteiger partial charge in [-0.05, 0) is 25.8 Å². The number of nitrogens with one attached hydrogen (secondary N) is 1. The highest BCUT2D eigenvalue weighted by Gasteiger charge is 2.07. The van der Waals surface area contributed by atoms with Crippen LogP contribution < -0.4 is 5.32 Å². The zero-order chi connectivity index (χ0) is 12.3. The normalized spacial score (nSPS) is 12.9. The Morgan fingerprint density at radius 2 is 2.29 bits per heavy atom. The molecule has 0 aliphatic heterocycles. The molecule has 0 spiro atoms. The molecule has 1 N–H and O–H groups in total. The fraction of sp³-hybridized carbons (Fsp3) is 0.500. The third kappa shape index (κ3) is 3.07. The molecule has 0 saturated heterocycles. The molecule has 0 amide bonds. The van der Waals surface area contributed by atoms with E-state index >= 15 is 0 Å². The van der Waals surface area contributed by atoms with Gasteiger partial charge in [-0.3, -0.25) is 0 Å². The van der Waals surface area contributed by atoms with E-state index < -0.39 is 0 Å². The predicted molar refractivity (Wildman–Crippen MR) is 75.2 cm³/mol. The second-order valence-electron chi connectivity index (χ2n) is 4.02. The number of fused-ring (bicyclic) bond motifs is 1. The zero-order valence-electron chi connectivity index (χ0n) is 10.0. The van der Waals surface area contributed by atoms with Gasteiger partial charge in [-0.25, -0.2) is 9.97 Å². The summed E-state index contributed by atoms with van der Waals surface area (Å²) >= 11 is 7.78. The Labute approximate surface area is 110 Å². The number of hydrogen-bond donors (Lipinski definition) is 1. The fourth-order valence-corrected chi connectivity index (χ4v) is 2.62. The van der Waals surface area contributed by atoms with Crippen molar-refractivity contribution < 1.29 is 0 Å². The van der Waals surface area contributed by atoms with Gasteiger partial charge in [0.25, 0.3) is 0 Å². The summed E-state index contributed by atoms with van der Waals surface area (Å²) in [6.45, 7) is 5.04. The third-order valence-electron chi connectivity index (χ3n) is 2.65. The van der Waals surface area contributed by atoms with Crippen LogP contribution in [-0.4, -0.2) is 21.9 Å². The van der Waals surface area contributed by atoms with Crippen LogP contribution in [0, 0.1) is 6.92 Å². The number of nitrogens with zero attached hydrogens (tertiary/aromatic N) is 2. The summed E-state index contributed by atoms with van der Waals surface area (Å²) in [6, 6.07) is 2.13. The Morgan fingerprint density at radius 1 is 1.47 bits per heavy atom. The first-order chi connectivity index (χ1) is 8.20. The lowest BCUT2D eigenvalue weighted by Crippen LogP contribution is -2.09. The Balaban J connectivity index is 2.08. The predicted octanol–water partition coefficient (Wildman–Crippen LogP) is 3.82. The topological polar surface area (TPSA) is 37.8 Å². The maximum Gasteiger partial charge on any atom is 0.138 e. The molecule has 0 radical (unpaired) electrons. The molecule has 0 aromatic carbocycles. The smallest absolute Gasteiger partial charge is 0.138 e. The molecule has 5 heteroatoms. The molecule has 1 atom stereocenters. The Bertz CT molecular complexity index is 497.